The first kappa shape index (κ1) is 18.9. The quantitative estimate of drug-likeness (QED) is 0.520. The number of aromatic nitrogens is 3. The first-order valence-corrected chi connectivity index (χ1v) is 9.79. The fourth-order valence-corrected chi connectivity index (χ4v) is 3.78. The first-order chi connectivity index (χ1) is 14.0. The molecule has 0 saturated carbocycles. The van der Waals surface area contributed by atoms with Crippen molar-refractivity contribution in [2.75, 3.05) is 5.32 Å². The Hall–Kier alpha value is -3.47. The molecular weight excluding hydrogens is 360 g/mol. The van der Waals surface area contributed by atoms with Crippen LogP contribution in [0.2, 0.25) is 0 Å². The Bertz CT molecular complexity index is 1190. The van der Waals surface area contributed by atoms with E-state index in [0.717, 1.165) is 39.1 Å². The first-order valence-electron chi connectivity index (χ1n) is 9.79. The van der Waals surface area contributed by atoms with E-state index in [1.165, 1.54) is 5.56 Å². The number of carbonyl (C=O) groups excluding carboxylic acids is 1. The molecule has 146 valence electrons. The van der Waals surface area contributed by atoms with Gasteiger partial charge in [0.05, 0.1) is 22.8 Å². The standard InChI is InChI=1S/C24H24N4O/c1-5-28-23-20(14-25-28)19(13-21(26-23)18-9-7-6-8-10-18)24(29)27-22-16(3)11-15(2)12-17(22)4/h6-14H,5H2,1-4H3,(H,27,29). The van der Waals surface area contributed by atoms with Gasteiger partial charge in [-0.15, -0.1) is 0 Å². The number of benzene rings is 2. The van der Waals surface area contributed by atoms with E-state index in [1.54, 1.807) is 6.20 Å². The number of rotatable bonds is 4. The van der Waals surface area contributed by atoms with Crippen LogP contribution in [0.5, 0.6) is 0 Å². The Morgan fingerprint density at radius 3 is 2.38 bits per heavy atom. The van der Waals surface area contributed by atoms with Crippen molar-refractivity contribution >= 4 is 22.6 Å². The number of anilines is 1. The molecule has 0 saturated heterocycles. The molecule has 2 heterocycles. The molecule has 0 aliphatic carbocycles. The summed E-state index contributed by atoms with van der Waals surface area (Å²) in [6.07, 6.45) is 1.73. The maximum absolute atomic E-state index is 13.3. The second-order valence-corrected chi connectivity index (χ2v) is 7.35. The van der Waals surface area contributed by atoms with E-state index in [-0.39, 0.29) is 5.91 Å². The van der Waals surface area contributed by atoms with Gasteiger partial charge in [0.15, 0.2) is 5.65 Å². The van der Waals surface area contributed by atoms with Crippen LogP contribution in [0.25, 0.3) is 22.3 Å². The van der Waals surface area contributed by atoms with Crippen molar-refractivity contribution in [1.29, 1.82) is 0 Å². The average Bonchev–Trinajstić information content (AvgIpc) is 3.13. The largest absolute Gasteiger partial charge is 0.321 e. The van der Waals surface area contributed by atoms with Crippen molar-refractivity contribution in [3.63, 3.8) is 0 Å². The van der Waals surface area contributed by atoms with E-state index in [0.29, 0.717) is 12.1 Å². The van der Waals surface area contributed by atoms with Gasteiger partial charge < -0.3 is 5.32 Å². The fraction of sp³-hybridized carbons (Fsp3) is 0.208. The van der Waals surface area contributed by atoms with Crippen LogP contribution >= 0.6 is 0 Å². The molecule has 0 spiro atoms. The van der Waals surface area contributed by atoms with Crippen LogP contribution in [0, 0.1) is 20.8 Å². The van der Waals surface area contributed by atoms with Gasteiger partial charge in [0.25, 0.3) is 5.91 Å². The Labute approximate surface area is 170 Å². The monoisotopic (exact) mass is 384 g/mol. The van der Waals surface area contributed by atoms with Crippen LogP contribution in [0.4, 0.5) is 5.69 Å². The summed E-state index contributed by atoms with van der Waals surface area (Å²) < 4.78 is 1.82. The molecule has 0 aliphatic rings. The van der Waals surface area contributed by atoms with Crippen LogP contribution in [0.3, 0.4) is 0 Å². The molecule has 0 unspecified atom stereocenters. The van der Waals surface area contributed by atoms with E-state index >= 15 is 0 Å². The number of fused-ring (bicyclic) bond motifs is 1. The molecule has 2 aromatic heterocycles. The molecule has 5 heteroatoms. The second kappa shape index (κ2) is 7.51. The van der Waals surface area contributed by atoms with E-state index in [2.05, 4.69) is 29.5 Å². The molecule has 0 fully saturated rings. The lowest BCUT2D eigenvalue weighted by Crippen LogP contribution is -2.15. The molecule has 0 bridgehead atoms. The highest BCUT2D eigenvalue weighted by molar-refractivity contribution is 6.13. The topological polar surface area (TPSA) is 59.8 Å². The van der Waals surface area contributed by atoms with Crippen LogP contribution in [-0.4, -0.2) is 20.7 Å². The molecule has 1 N–H and O–H groups in total. The van der Waals surface area contributed by atoms with E-state index in [9.17, 15) is 4.79 Å². The zero-order valence-corrected chi connectivity index (χ0v) is 17.2. The normalized spacial score (nSPS) is 11.0. The molecule has 29 heavy (non-hydrogen) atoms. The predicted molar refractivity (Wildman–Crippen MR) is 117 cm³/mol. The highest BCUT2D eigenvalue weighted by Crippen LogP contribution is 2.27. The van der Waals surface area contributed by atoms with Gasteiger partial charge >= 0.3 is 0 Å². The highest BCUT2D eigenvalue weighted by Gasteiger charge is 2.18. The van der Waals surface area contributed by atoms with Gasteiger partial charge in [-0.05, 0) is 44.9 Å². The van der Waals surface area contributed by atoms with Crippen LogP contribution in [0.15, 0.2) is 54.7 Å². The van der Waals surface area contributed by atoms with Gasteiger partial charge in [-0.2, -0.15) is 5.10 Å². The van der Waals surface area contributed by atoms with Gasteiger partial charge in [-0.25, -0.2) is 9.67 Å². The lowest BCUT2D eigenvalue weighted by molar-refractivity contribution is 0.102. The predicted octanol–water partition coefficient (Wildman–Crippen LogP) is 5.30. The van der Waals surface area contributed by atoms with Crippen molar-refractivity contribution in [2.24, 2.45) is 0 Å². The minimum Gasteiger partial charge on any atom is -0.321 e. The molecule has 5 nitrogen and oxygen atoms in total. The number of nitrogens with zero attached hydrogens (tertiary/aromatic N) is 3. The maximum atomic E-state index is 13.3. The summed E-state index contributed by atoms with van der Waals surface area (Å²) in [6.45, 7) is 8.79. The number of pyridine rings is 1. The Kier molecular flexibility index (Phi) is 4.89. The lowest BCUT2D eigenvalue weighted by atomic mass is 10.0. The Morgan fingerprint density at radius 2 is 1.72 bits per heavy atom. The average molecular weight is 384 g/mol. The summed E-state index contributed by atoms with van der Waals surface area (Å²) in [6, 6.07) is 15.9. The van der Waals surface area contributed by atoms with Gasteiger partial charge in [0, 0.05) is 17.8 Å². The van der Waals surface area contributed by atoms with Gasteiger partial charge in [-0.1, -0.05) is 48.0 Å². The van der Waals surface area contributed by atoms with Crippen molar-refractivity contribution in [3.8, 4) is 11.3 Å². The maximum Gasteiger partial charge on any atom is 0.256 e. The van der Waals surface area contributed by atoms with Crippen LogP contribution in [0.1, 0.15) is 34.0 Å². The number of carbonyl (C=O) groups is 1. The van der Waals surface area contributed by atoms with Crippen molar-refractivity contribution in [2.45, 2.75) is 34.2 Å². The number of hydrogen-bond donors (Lipinski definition) is 1. The highest BCUT2D eigenvalue weighted by atomic mass is 16.1. The van der Waals surface area contributed by atoms with Crippen molar-refractivity contribution in [1.82, 2.24) is 14.8 Å². The van der Waals surface area contributed by atoms with Crippen LogP contribution in [-0.2, 0) is 6.54 Å². The molecule has 4 rings (SSSR count). The van der Waals surface area contributed by atoms with E-state index < -0.39 is 0 Å². The Morgan fingerprint density at radius 1 is 1.03 bits per heavy atom. The molecule has 4 aromatic rings. The van der Waals surface area contributed by atoms with E-state index in [1.807, 2.05) is 61.9 Å². The van der Waals surface area contributed by atoms with E-state index in [4.69, 9.17) is 4.98 Å². The third-order valence-corrected chi connectivity index (χ3v) is 5.14. The van der Waals surface area contributed by atoms with Gasteiger partial charge in [0.1, 0.15) is 0 Å². The van der Waals surface area contributed by atoms with Gasteiger partial charge in [0.2, 0.25) is 0 Å². The summed E-state index contributed by atoms with van der Waals surface area (Å²) in [5, 5.41) is 8.29. The minimum atomic E-state index is -0.153. The summed E-state index contributed by atoms with van der Waals surface area (Å²) >= 11 is 0. The smallest absolute Gasteiger partial charge is 0.256 e. The molecule has 2 aromatic carbocycles. The molecule has 0 atom stereocenters. The number of amides is 1. The molecule has 0 aliphatic heterocycles. The SMILES string of the molecule is CCn1ncc2c(C(=O)Nc3c(C)cc(C)cc3C)cc(-c3ccccc3)nc21. The summed E-state index contributed by atoms with van der Waals surface area (Å²) in [4.78, 5) is 18.1. The summed E-state index contributed by atoms with van der Waals surface area (Å²) in [7, 11) is 0. The third kappa shape index (κ3) is 3.51. The van der Waals surface area contributed by atoms with Crippen LogP contribution < -0.4 is 5.32 Å². The summed E-state index contributed by atoms with van der Waals surface area (Å²) in [5.41, 5.74) is 7.16. The van der Waals surface area contributed by atoms with Crippen molar-refractivity contribution in [3.05, 3.63) is 77.0 Å². The number of nitrogens with one attached hydrogen (secondary N) is 1. The minimum absolute atomic E-state index is 0.153. The molecular formula is C24H24N4O. The third-order valence-electron chi connectivity index (χ3n) is 5.14. The zero-order chi connectivity index (χ0) is 20.5. The van der Waals surface area contributed by atoms with Crippen molar-refractivity contribution < 1.29 is 4.79 Å². The van der Waals surface area contributed by atoms with Gasteiger partial charge in [-0.3, -0.25) is 4.79 Å². The molecule has 0 radical (unpaired) electrons. The number of aryl methyl sites for hydroxylation is 4. The zero-order valence-electron chi connectivity index (χ0n) is 17.2. The summed E-state index contributed by atoms with van der Waals surface area (Å²) in [5.74, 6) is -0.153. The Balaban J connectivity index is 1.84. The second-order valence-electron chi connectivity index (χ2n) is 7.35. The fourth-order valence-electron chi connectivity index (χ4n) is 3.78. The lowest BCUT2D eigenvalue weighted by Gasteiger charge is -2.14. The molecule has 1 amide bonds. The number of hydrogen-bond acceptors (Lipinski definition) is 3.